The van der Waals surface area contributed by atoms with Crippen LogP contribution in [0.5, 0.6) is 0 Å². The fourth-order valence-corrected chi connectivity index (χ4v) is 2.49. The number of thiophene rings is 1. The number of hydrogen-bond donors (Lipinski definition) is 2. The second-order valence-electron chi connectivity index (χ2n) is 3.15. The highest BCUT2D eigenvalue weighted by atomic mass is 79.9. The number of carbonyl (C=O) groups is 1. The second-order valence-corrected chi connectivity index (χ2v) is 4.98. The van der Waals surface area contributed by atoms with Crippen LogP contribution in [-0.2, 0) is 0 Å². The molecule has 84 valence electrons. The Morgan fingerprint density at radius 1 is 1.73 bits per heavy atom. The highest BCUT2D eigenvalue weighted by Crippen LogP contribution is 2.20. The van der Waals surface area contributed by atoms with Gasteiger partial charge in [-0.05, 0) is 22.0 Å². The van der Waals surface area contributed by atoms with E-state index in [1.54, 1.807) is 13.1 Å². The molecular formula is C9H12BrNO3S. The Morgan fingerprint density at radius 2 is 2.40 bits per heavy atom. The second kappa shape index (κ2) is 5.60. The first kappa shape index (κ1) is 12.6. The molecule has 0 aliphatic rings. The minimum absolute atomic E-state index is 0.130. The molecule has 1 heterocycles. The number of aliphatic hydroxyl groups excluding tert-OH is 2. The van der Waals surface area contributed by atoms with Gasteiger partial charge in [-0.1, -0.05) is 0 Å². The van der Waals surface area contributed by atoms with E-state index in [4.69, 9.17) is 5.11 Å². The lowest BCUT2D eigenvalue weighted by Gasteiger charge is -2.18. The van der Waals surface area contributed by atoms with Crippen molar-refractivity contribution in [2.75, 3.05) is 20.2 Å². The molecule has 0 aliphatic carbocycles. The molecule has 15 heavy (non-hydrogen) atoms. The van der Waals surface area contributed by atoms with Gasteiger partial charge in [0.15, 0.2) is 0 Å². The van der Waals surface area contributed by atoms with Crippen LogP contribution in [0.25, 0.3) is 0 Å². The summed E-state index contributed by atoms with van der Waals surface area (Å²) in [6, 6.07) is 1.73. The quantitative estimate of drug-likeness (QED) is 0.868. The highest BCUT2D eigenvalue weighted by Gasteiger charge is 2.16. The summed E-state index contributed by atoms with van der Waals surface area (Å²) in [5, 5.41) is 19.6. The van der Waals surface area contributed by atoms with Crippen LogP contribution in [-0.4, -0.2) is 47.3 Å². The third-order valence-electron chi connectivity index (χ3n) is 1.82. The Kier molecular flexibility index (Phi) is 4.72. The average Bonchev–Trinajstić information content (AvgIpc) is 2.63. The summed E-state index contributed by atoms with van der Waals surface area (Å²) < 4.78 is 0.868. The monoisotopic (exact) mass is 293 g/mol. The number of likely N-dealkylation sites (N-methyl/N-ethyl adjacent to an activating group) is 1. The molecule has 0 saturated heterocycles. The van der Waals surface area contributed by atoms with Gasteiger partial charge in [0.25, 0.3) is 5.91 Å². The van der Waals surface area contributed by atoms with E-state index in [-0.39, 0.29) is 19.1 Å². The maximum Gasteiger partial charge on any atom is 0.263 e. The van der Waals surface area contributed by atoms with Gasteiger partial charge in [0, 0.05) is 23.4 Å². The molecule has 0 bridgehead atoms. The van der Waals surface area contributed by atoms with Gasteiger partial charge in [-0.15, -0.1) is 11.3 Å². The molecule has 1 aromatic heterocycles. The molecule has 1 amide bonds. The fraction of sp³-hybridized carbons (Fsp3) is 0.444. The zero-order valence-corrected chi connectivity index (χ0v) is 10.6. The zero-order valence-electron chi connectivity index (χ0n) is 8.18. The number of halogens is 1. The average molecular weight is 294 g/mol. The van der Waals surface area contributed by atoms with Crippen LogP contribution in [0, 0.1) is 0 Å². The molecule has 0 aromatic carbocycles. The summed E-state index contributed by atoms with van der Waals surface area (Å²) in [6.45, 7) is -0.212. The lowest BCUT2D eigenvalue weighted by Crippen LogP contribution is -2.35. The van der Waals surface area contributed by atoms with Crippen LogP contribution in [0.3, 0.4) is 0 Å². The summed E-state index contributed by atoms with van der Waals surface area (Å²) in [5.41, 5.74) is 0. The summed E-state index contributed by atoms with van der Waals surface area (Å²) >= 11 is 4.60. The van der Waals surface area contributed by atoms with Crippen molar-refractivity contribution in [3.05, 3.63) is 20.8 Å². The van der Waals surface area contributed by atoms with E-state index in [1.807, 2.05) is 5.38 Å². The van der Waals surface area contributed by atoms with E-state index in [0.717, 1.165) is 4.47 Å². The van der Waals surface area contributed by atoms with Crippen LogP contribution in [0.15, 0.2) is 15.9 Å². The Labute approximate surface area is 100 Å². The van der Waals surface area contributed by atoms with Crippen molar-refractivity contribution in [3.63, 3.8) is 0 Å². The first-order chi connectivity index (χ1) is 7.04. The van der Waals surface area contributed by atoms with Gasteiger partial charge in [-0.3, -0.25) is 4.79 Å². The number of amides is 1. The SMILES string of the molecule is CN(C[C@H](O)CO)C(=O)c1cc(Br)cs1. The molecule has 2 N–H and O–H groups in total. The van der Waals surface area contributed by atoms with Gasteiger partial charge in [-0.2, -0.15) is 0 Å². The van der Waals surface area contributed by atoms with Gasteiger partial charge in [0.2, 0.25) is 0 Å². The molecule has 0 spiro atoms. The third-order valence-corrected chi connectivity index (χ3v) is 3.50. The van der Waals surface area contributed by atoms with E-state index >= 15 is 0 Å². The van der Waals surface area contributed by atoms with Gasteiger partial charge in [0.05, 0.1) is 17.6 Å². The third kappa shape index (κ3) is 3.57. The summed E-state index contributed by atoms with van der Waals surface area (Å²) in [5.74, 6) is -0.154. The summed E-state index contributed by atoms with van der Waals surface area (Å²) in [6.07, 6.45) is -0.887. The number of aliphatic hydroxyl groups is 2. The molecule has 1 atom stereocenters. The van der Waals surface area contributed by atoms with Crippen molar-refractivity contribution in [2.45, 2.75) is 6.10 Å². The van der Waals surface area contributed by atoms with Gasteiger partial charge < -0.3 is 15.1 Å². The van der Waals surface area contributed by atoms with Crippen molar-refractivity contribution in [2.24, 2.45) is 0 Å². The largest absolute Gasteiger partial charge is 0.394 e. The maximum absolute atomic E-state index is 11.7. The minimum Gasteiger partial charge on any atom is -0.394 e. The highest BCUT2D eigenvalue weighted by molar-refractivity contribution is 9.10. The van der Waals surface area contributed by atoms with E-state index < -0.39 is 6.10 Å². The summed E-state index contributed by atoms with van der Waals surface area (Å²) in [4.78, 5) is 13.7. The van der Waals surface area contributed by atoms with Crippen LogP contribution < -0.4 is 0 Å². The predicted octanol–water partition coefficient (Wildman–Crippen LogP) is 0.936. The topological polar surface area (TPSA) is 60.8 Å². The molecule has 0 saturated carbocycles. The standard InChI is InChI=1S/C9H12BrNO3S/c1-11(3-7(13)4-12)9(14)8-2-6(10)5-15-8/h2,5,7,12-13H,3-4H2,1H3/t7-/m0/s1. The van der Waals surface area contributed by atoms with Crippen LogP contribution >= 0.6 is 27.3 Å². The van der Waals surface area contributed by atoms with E-state index in [9.17, 15) is 9.90 Å². The van der Waals surface area contributed by atoms with E-state index in [0.29, 0.717) is 4.88 Å². The summed E-state index contributed by atoms with van der Waals surface area (Å²) in [7, 11) is 1.59. The van der Waals surface area contributed by atoms with Crippen molar-refractivity contribution in [1.29, 1.82) is 0 Å². The molecule has 1 rings (SSSR count). The molecule has 0 aliphatic heterocycles. The van der Waals surface area contributed by atoms with Crippen molar-refractivity contribution >= 4 is 33.2 Å². The Balaban J connectivity index is 2.60. The smallest absolute Gasteiger partial charge is 0.263 e. The Morgan fingerprint density at radius 3 is 2.87 bits per heavy atom. The van der Waals surface area contributed by atoms with Gasteiger partial charge in [0.1, 0.15) is 0 Å². The van der Waals surface area contributed by atoms with Gasteiger partial charge >= 0.3 is 0 Å². The number of nitrogens with zero attached hydrogens (tertiary/aromatic N) is 1. The van der Waals surface area contributed by atoms with E-state index in [1.165, 1.54) is 16.2 Å². The lowest BCUT2D eigenvalue weighted by atomic mass is 10.3. The lowest BCUT2D eigenvalue weighted by molar-refractivity contribution is 0.0523. The zero-order chi connectivity index (χ0) is 11.4. The van der Waals surface area contributed by atoms with Crippen molar-refractivity contribution in [3.8, 4) is 0 Å². The molecule has 6 heteroatoms. The van der Waals surface area contributed by atoms with Crippen LogP contribution in [0.2, 0.25) is 0 Å². The first-order valence-electron chi connectivity index (χ1n) is 4.33. The van der Waals surface area contributed by atoms with Gasteiger partial charge in [-0.25, -0.2) is 0 Å². The molecule has 0 fully saturated rings. The van der Waals surface area contributed by atoms with Crippen LogP contribution in [0.4, 0.5) is 0 Å². The van der Waals surface area contributed by atoms with Crippen molar-refractivity contribution in [1.82, 2.24) is 4.90 Å². The number of rotatable bonds is 4. The molecule has 0 radical (unpaired) electrons. The predicted molar refractivity (Wildman–Crippen MR) is 62.1 cm³/mol. The first-order valence-corrected chi connectivity index (χ1v) is 6.00. The molecular weight excluding hydrogens is 282 g/mol. The van der Waals surface area contributed by atoms with E-state index in [2.05, 4.69) is 15.9 Å². The van der Waals surface area contributed by atoms with Crippen molar-refractivity contribution < 1.29 is 15.0 Å². The number of hydrogen-bond acceptors (Lipinski definition) is 4. The maximum atomic E-state index is 11.7. The number of carbonyl (C=O) groups excluding carboxylic acids is 1. The van der Waals surface area contributed by atoms with Crippen LogP contribution in [0.1, 0.15) is 9.67 Å². The molecule has 4 nitrogen and oxygen atoms in total. The minimum atomic E-state index is -0.887. The Hall–Kier alpha value is -0.430. The molecule has 1 aromatic rings. The Bertz CT molecular complexity index is 342. The normalized spacial score (nSPS) is 12.5. The molecule has 0 unspecified atom stereocenters. The fourth-order valence-electron chi connectivity index (χ4n) is 1.07.